The van der Waals surface area contributed by atoms with Crippen LogP contribution in [0.3, 0.4) is 0 Å². The summed E-state index contributed by atoms with van der Waals surface area (Å²) in [6.07, 6.45) is 3.36. The summed E-state index contributed by atoms with van der Waals surface area (Å²) in [5.74, 6) is -0.811. The van der Waals surface area contributed by atoms with Crippen molar-refractivity contribution >= 4 is 10.1 Å². The maximum atomic E-state index is 12.9. The summed E-state index contributed by atoms with van der Waals surface area (Å²) in [6.45, 7) is -0.291. The van der Waals surface area contributed by atoms with Crippen LogP contribution in [0.4, 0.5) is 8.78 Å². The lowest BCUT2D eigenvalue weighted by atomic mass is 10.1. The van der Waals surface area contributed by atoms with Crippen LogP contribution in [0, 0.1) is 0 Å². The molecular formula is C10H23F2NO3S. The Bertz CT molecular complexity index is 260. The quantitative estimate of drug-likeness (QED) is 0.473. The summed E-state index contributed by atoms with van der Waals surface area (Å²) in [5, 5.41) is 0. The fraction of sp³-hybridized carbons (Fsp3) is 1.00. The Hall–Kier alpha value is -0.270. The molecule has 0 amide bonds. The van der Waals surface area contributed by atoms with E-state index in [9.17, 15) is 17.2 Å². The summed E-state index contributed by atoms with van der Waals surface area (Å²) in [6, 6.07) is 0. The van der Waals surface area contributed by atoms with E-state index in [4.69, 9.17) is 4.55 Å². The molecule has 0 spiro atoms. The van der Waals surface area contributed by atoms with Gasteiger partial charge in [0.1, 0.15) is 11.9 Å². The van der Waals surface area contributed by atoms with E-state index in [2.05, 4.69) is 0 Å². The largest absolute Gasteiger partial charge is 0.344 e. The first-order chi connectivity index (χ1) is 7.45. The molecule has 0 heterocycles. The fourth-order valence-corrected chi connectivity index (χ4v) is 2.10. The van der Waals surface area contributed by atoms with Crippen LogP contribution in [0.1, 0.15) is 44.9 Å². The van der Waals surface area contributed by atoms with E-state index in [0.29, 0.717) is 12.8 Å². The SMILES string of the molecule is N.O=S(=O)(O)CC(F)CCCCCCCCF. The lowest BCUT2D eigenvalue weighted by molar-refractivity contribution is 0.323. The molecule has 0 aliphatic rings. The van der Waals surface area contributed by atoms with Gasteiger partial charge in [0, 0.05) is 0 Å². The van der Waals surface area contributed by atoms with Gasteiger partial charge < -0.3 is 6.15 Å². The fourth-order valence-electron chi connectivity index (χ4n) is 1.48. The first-order valence-electron chi connectivity index (χ1n) is 5.61. The average molecular weight is 275 g/mol. The second kappa shape index (κ2) is 10.9. The standard InChI is InChI=1S/C10H20F2O3S.H3N/c11-8-6-4-2-1-3-5-7-10(12)9-16(13,14)15;/h10H,1-9H2,(H,13,14,15);1H3. The maximum Gasteiger partial charge on any atom is 0.267 e. The Kier molecular flexibility index (Phi) is 12.2. The molecule has 0 bridgehead atoms. The molecule has 0 rings (SSSR count). The number of hydrogen-bond acceptors (Lipinski definition) is 3. The van der Waals surface area contributed by atoms with Crippen molar-refractivity contribution in [3.8, 4) is 0 Å². The predicted molar refractivity (Wildman–Crippen MR) is 64.6 cm³/mol. The highest BCUT2D eigenvalue weighted by atomic mass is 32.2. The third-order valence-corrected chi connectivity index (χ3v) is 3.08. The zero-order valence-electron chi connectivity index (χ0n) is 10.1. The second-order valence-corrected chi connectivity index (χ2v) is 5.44. The van der Waals surface area contributed by atoms with Crippen molar-refractivity contribution in [1.82, 2.24) is 6.15 Å². The van der Waals surface area contributed by atoms with Crippen LogP contribution in [0.2, 0.25) is 0 Å². The Morgan fingerprint density at radius 3 is 1.94 bits per heavy atom. The van der Waals surface area contributed by atoms with Crippen molar-refractivity contribution in [2.24, 2.45) is 0 Å². The Labute approximate surface area is 102 Å². The lowest BCUT2D eigenvalue weighted by Gasteiger charge is -2.05. The molecule has 0 saturated heterocycles. The molecule has 0 fully saturated rings. The Balaban J connectivity index is 0. The first-order valence-corrected chi connectivity index (χ1v) is 7.22. The summed E-state index contributed by atoms with van der Waals surface area (Å²) >= 11 is 0. The van der Waals surface area contributed by atoms with Gasteiger partial charge >= 0.3 is 0 Å². The lowest BCUT2D eigenvalue weighted by Crippen LogP contribution is -2.16. The number of unbranched alkanes of at least 4 members (excludes halogenated alkanes) is 5. The third-order valence-electron chi connectivity index (χ3n) is 2.29. The van der Waals surface area contributed by atoms with E-state index in [-0.39, 0.29) is 19.2 Å². The van der Waals surface area contributed by atoms with E-state index in [0.717, 1.165) is 25.7 Å². The van der Waals surface area contributed by atoms with Gasteiger partial charge in [-0.3, -0.25) is 8.94 Å². The van der Waals surface area contributed by atoms with Crippen molar-refractivity contribution in [3.63, 3.8) is 0 Å². The van der Waals surface area contributed by atoms with E-state index in [1.807, 2.05) is 0 Å². The van der Waals surface area contributed by atoms with Gasteiger partial charge in [-0.15, -0.1) is 0 Å². The molecular weight excluding hydrogens is 252 g/mol. The van der Waals surface area contributed by atoms with Crippen LogP contribution in [0.15, 0.2) is 0 Å². The number of hydrogen-bond donors (Lipinski definition) is 2. The highest BCUT2D eigenvalue weighted by Gasteiger charge is 2.14. The Morgan fingerprint density at radius 1 is 1.00 bits per heavy atom. The molecule has 1 unspecified atom stereocenters. The van der Waals surface area contributed by atoms with E-state index >= 15 is 0 Å². The number of halogens is 2. The zero-order chi connectivity index (χ0) is 12.4. The van der Waals surface area contributed by atoms with Gasteiger partial charge in [0.2, 0.25) is 0 Å². The molecule has 7 heteroatoms. The highest BCUT2D eigenvalue weighted by Crippen LogP contribution is 2.11. The van der Waals surface area contributed by atoms with Crippen LogP contribution < -0.4 is 6.15 Å². The molecule has 106 valence electrons. The molecule has 0 aliphatic carbocycles. The number of rotatable bonds is 10. The van der Waals surface area contributed by atoms with Crippen LogP contribution in [0.25, 0.3) is 0 Å². The van der Waals surface area contributed by atoms with Gasteiger partial charge in [0.05, 0.1) is 6.67 Å². The van der Waals surface area contributed by atoms with Crippen LogP contribution in [-0.4, -0.2) is 31.6 Å². The van der Waals surface area contributed by atoms with Crippen LogP contribution in [0.5, 0.6) is 0 Å². The molecule has 1 atom stereocenters. The highest BCUT2D eigenvalue weighted by molar-refractivity contribution is 7.85. The van der Waals surface area contributed by atoms with Gasteiger partial charge in [0.25, 0.3) is 10.1 Å². The monoisotopic (exact) mass is 275 g/mol. The normalized spacial score (nSPS) is 13.1. The van der Waals surface area contributed by atoms with Crippen molar-refractivity contribution in [3.05, 3.63) is 0 Å². The number of alkyl halides is 2. The molecule has 0 aromatic rings. The molecule has 4 nitrogen and oxygen atoms in total. The van der Waals surface area contributed by atoms with Crippen molar-refractivity contribution in [1.29, 1.82) is 0 Å². The van der Waals surface area contributed by atoms with Crippen LogP contribution >= 0.6 is 0 Å². The topological polar surface area (TPSA) is 89.4 Å². The van der Waals surface area contributed by atoms with E-state index in [1.165, 1.54) is 0 Å². The minimum atomic E-state index is -4.19. The van der Waals surface area contributed by atoms with Gasteiger partial charge in [-0.1, -0.05) is 32.1 Å². The third kappa shape index (κ3) is 15.7. The maximum absolute atomic E-state index is 12.9. The molecule has 0 aromatic heterocycles. The van der Waals surface area contributed by atoms with Gasteiger partial charge in [-0.2, -0.15) is 8.42 Å². The summed E-state index contributed by atoms with van der Waals surface area (Å²) in [4.78, 5) is 0. The van der Waals surface area contributed by atoms with E-state index < -0.39 is 22.0 Å². The molecule has 0 radical (unpaired) electrons. The van der Waals surface area contributed by atoms with Crippen molar-refractivity contribution in [2.75, 3.05) is 12.4 Å². The Morgan fingerprint density at radius 2 is 1.47 bits per heavy atom. The molecule has 17 heavy (non-hydrogen) atoms. The van der Waals surface area contributed by atoms with Gasteiger partial charge in [-0.25, -0.2) is 4.39 Å². The van der Waals surface area contributed by atoms with Gasteiger partial charge in [-0.05, 0) is 12.8 Å². The van der Waals surface area contributed by atoms with Crippen LogP contribution in [-0.2, 0) is 10.1 Å². The average Bonchev–Trinajstić information content (AvgIpc) is 2.13. The minimum absolute atomic E-state index is 0. The predicted octanol–water partition coefficient (Wildman–Crippen LogP) is 3.07. The minimum Gasteiger partial charge on any atom is -0.344 e. The summed E-state index contributed by atoms with van der Waals surface area (Å²) in [7, 11) is -4.19. The molecule has 0 aromatic carbocycles. The molecule has 0 aliphatic heterocycles. The molecule has 4 N–H and O–H groups in total. The summed E-state index contributed by atoms with van der Waals surface area (Å²) < 4.78 is 53.7. The first kappa shape index (κ1) is 19.1. The van der Waals surface area contributed by atoms with Crippen molar-refractivity contribution < 1.29 is 21.8 Å². The van der Waals surface area contributed by atoms with E-state index in [1.54, 1.807) is 0 Å². The smallest absolute Gasteiger partial charge is 0.267 e. The molecule has 0 saturated carbocycles. The second-order valence-electron chi connectivity index (χ2n) is 3.94. The summed E-state index contributed by atoms with van der Waals surface area (Å²) in [5.41, 5.74) is 0. The van der Waals surface area contributed by atoms with Crippen molar-refractivity contribution in [2.45, 2.75) is 51.1 Å². The zero-order valence-corrected chi connectivity index (χ0v) is 10.9. The van der Waals surface area contributed by atoms with Gasteiger partial charge in [0.15, 0.2) is 0 Å².